The molecule has 2 fully saturated rings. The van der Waals surface area contributed by atoms with Crippen LogP contribution in [0.25, 0.3) is 0 Å². The van der Waals surface area contributed by atoms with Crippen LogP contribution in [0, 0.1) is 5.92 Å². The summed E-state index contributed by atoms with van der Waals surface area (Å²) in [5.41, 5.74) is 0.816. The van der Waals surface area contributed by atoms with Gasteiger partial charge in [-0.15, -0.1) is 0 Å². The number of benzene rings is 1. The maximum Gasteiger partial charge on any atom is 0.325 e. The van der Waals surface area contributed by atoms with Gasteiger partial charge in [-0.1, -0.05) is 43.5 Å². The van der Waals surface area contributed by atoms with E-state index in [1.807, 2.05) is 0 Å². The lowest BCUT2D eigenvalue weighted by atomic mass is 9.86. The zero-order valence-electron chi connectivity index (χ0n) is 14.8. The van der Waals surface area contributed by atoms with Crippen molar-refractivity contribution in [2.24, 2.45) is 5.92 Å². The third kappa shape index (κ3) is 4.36. The van der Waals surface area contributed by atoms with E-state index in [2.05, 4.69) is 17.6 Å². The van der Waals surface area contributed by atoms with Crippen LogP contribution in [0.5, 0.6) is 0 Å². The highest BCUT2D eigenvalue weighted by Crippen LogP contribution is 2.25. The maximum absolute atomic E-state index is 12.4. The number of nitrogens with zero attached hydrogens (tertiary/aromatic N) is 1. The summed E-state index contributed by atoms with van der Waals surface area (Å²) >= 11 is 5.87. The Hall–Kier alpha value is -2.08. The Labute approximate surface area is 158 Å². The van der Waals surface area contributed by atoms with E-state index in [4.69, 9.17) is 11.6 Å². The van der Waals surface area contributed by atoms with Gasteiger partial charge in [-0.25, -0.2) is 4.79 Å². The Bertz CT molecular complexity index is 674. The average Bonchev–Trinajstić information content (AvgIpc) is 2.60. The molecule has 1 aliphatic carbocycles. The Morgan fingerprint density at radius 2 is 1.92 bits per heavy atom. The van der Waals surface area contributed by atoms with Crippen molar-refractivity contribution in [2.75, 3.05) is 6.54 Å². The normalized spacial score (nSPS) is 26.4. The van der Waals surface area contributed by atoms with Crippen molar-refractivity contribution in [1.29, 1.82) is 0 Å². The monoisotopic (exact) mass is 377 g/mol. The molecule has 1 heterocycles. The minimum absolute atomic E-state index is 0.125. The molecule has 0 unspecified atom stereocenters. The molecule has 1 saturated carbocycles. The third-order valence-electron chi connectivity index (χ3n) is 5.25. The van der Waals surface area contributed by atoms with Crippen molar-refractivity contribution >= 4 is 29.4 Å². The van der Waals surface area contributed by atoms with Crippen LogP contribution in [0.2, 0.25) is 5.02 Å². The Morgan fingerprint density at radius 1 is 1.23 bits per heavy atom. The topological polar surface area (TPSA) is 78.5 Å². The molecule has 2 aliphatic rings. The van der Waals surface area contributed by atoms with Crippen molar-refractivity contribution in [3.8, 4) is 0 Å². The molecule has 6 nitrogen and oxygen atoms in total. The number of urea groups is 1. The van der Waals surface area contributed by atoms with Crippen LogP contribution in [0.1, 0.15) is 50.6 Å². The second kappa shape index (κ2) is 8.08. The van der Waals surface area contributed by atoms with Gasteiger partial charge in [0.2, 0.25) is 11.8 Å². The summed E-state index contributed by atoms with van der Waals surface area (Å²) < 4.78 is 0. The first-order valence-electron chi connectivity index (χ1n) is 9.09. The second-order valence-corrected chi connectivity index (χ2v) is 7.61. The first-order chi connectivity index (χ1) is 12.4. The van der Waals surface area contributed by atoms with Crippen molar-refractivity contribution in [3.63, 3.8) is 0 Å². The van der Waals surface area contributed by atoms with E-state index in [0.717, 1.165) is 29.7 Å². The molecule has 1 aromatic carbocycles. The molecular weight excluding hydrogens is 354 g/mol. The summed E-state index contributed by atoms with van der Waals surface area (Å²) in [5, 5.41) is 6.37. The number of imide groups is 1. The molecule has 1 aliphatic heterocycles. The molecule has 4 amide bonds. The predicted molar refractivity (Wildman–Crippen MR) is 98.6 cm³/mol. The van der Waals surface area contributed by atoms with Gasteiger partial charge in [0, 0.05) is 11.1 Å². The standard InChI is InChI=1S/C19H24ClN3O3/c1-12-4-2-3-5-15(12)21-17(24)11-23-18(25)10-16(22-19(23)26)13-6-8-14(20)9-7-13/h6-9,12,15-16H,2-5,10-11H2,1H3,(H,21,24)(H,22,26)/t12-,15-,16+/m1/s1. The second-order valence-electron chi connectivity index (χ2n) is 7.17. The quantitative estimate of drug-likeness (QED) is 0.846. The molecule has 0 bridgehead atoms. The molecule has 26 heavy (non-hydrogen) atoms. The summed E-state index contributed by atoms with van der Waals surface area (Å²) in [6.45, 7) is 1.89. The van der Waals surface area contributed by atoms with Crippen molar-refractivity contribution in [2.45, 2.75) is 51.1 Å². The molecule has 2 N–H and O–H groups in total. The molecule has 0 aromatic heterocycles. The zero-order valence-corrected chi connectivity index (χ0v) is 15.6. The van der Waals surface area contributed by atoms with Gasteiger partial charge >= 0.3 is 6.03 Å². The van der Waals surface area contributed by atoms with Gasteiger partial charge < -0.3 is 10.6 Å². The molecule has 7 heteroatoms. The average molecular weight is 378 g/mol. The third-order valence-corrected chi connectivity index (χ3v) is 5.51. The lowest BCUT2D eigenvalue weighted by Gasteiger charge is -2.33. The smallest absolute Gasteiger partial charge is 0.325 e. The van der Waals surface area contributed by atoms with E-state index in [1.165, 1.54) is 6.42 Å². The fourth-order valence-corrected chi connectivity index (χ4v) is 3.79. The van der Waals surface area contributed by atoms with Crippen LogP contribution in [0.3, 0.4) is 0 Å². The van der Waals surface area contributed by atoms with E-state index in [-0.39, 0.29) is 30.8 Å². The van der Waals surface area contributed by atoms with E-state index in [9.17, 15) is 14.4 Å². The Morgan fingerprint density at radius 3 is 2.58 bits per heavy atom. The van der Waals surface area contributed by atoms with Crippen LogP contribution in [-0.2, 0) is 9.59 Å². The van der Waals surface area contributed by atoms with Crippen LogP contribution >= 0.6 is 11.6 Å². The highest BCUT2D eigenvalue weighted by Gasteiger charge is 2.34. The minimum Gasteiger partial charge on any atom is -0.352 e. The highest BCUT2D eigenvalue weighted by molar-refractivity contribution is 6.30. The predicted octanol–water partition coefficient (Wildman–Crippen LogP) is 3.02. The van der Waals surface area contributed by atoms with Gasteiger partial charge in [0.25, 0.3) is 0 Å². The molecule has 3 atom stereocenters. The summed E-state index contributed by atoms with van der Waals surface area (Å²) in [7, 11) is 0. The molecule has 1 saturated heterocycles. The number of amides is 4. The minimum atomic E-state index is -0.534. The largest absolute Gasteiger partial charge is 0.352 e. The Kier molecular flexibility index (Phi) is 5.81. The molecule has 0 spiro atoms. The fraction of sp³-hybridized carbons (Fsp3) is 0.526. The van der Waals surface area contributed by atoms with Gasteiger partial charge in [-0.05, 0) is 36.5 Å². The van der Waals surface area contributed by atoms with E-state index in [1.54, 1.807) is 24.3 Å². The van der Waals surface area contributed by atoms with E-state index < -0.39 is 12.1 Å². The van der Waals surface area contributed by atoms with Crippen LogP contribution in [0.15, 0.2) is 24.3 Å². The first-order valence-corrected chi connectivity index (χ1v) is 9.47. The van der Waals surface area contributed by atoms with E-state index in [0.29, 0.717) is 10.9 Å². The number of carbonyl (C=O) groups excluding carboxylic acids is 3. The number of halogens is 1. The maximum atomic E-state index is 12.4. The first kappa shape index (κ1) is 18.7. The molecule has 0 radical (unpaired) electrons. The molecule has 1 aromatic rings. The lowest BCUT2D eigenvalue weighted by Crippen LogP contribution is -2.55. The number of hydrogen-bond donors (Lipinski definition) is 2. The van der Waals surface area contributed by atoms with Gasteiger partial charge in [-0.3, -0.25) is 14.5 Å². The van der Waals surface area contributed by atoms with Crippen molar-refractivity contribution in [3.05, 3.63) is 34.9 Å². The van der Waals surface area contributed by atoms with E-state index >= 15 is 0 Å². The van der Waals surface area contributed by atoms with Crippen molar-refractivity contribution in [1.82, 2.24) is 15.5 Å². The summed E-state index contributed by atoms with van der Waals surface area (Å²) in [5.74, 6) is -0.203. The molecule has 3 rings (SSSR count). The summed E-state index contributed by atoms with van der Waals surface area (Å²) in [6, 6.07) is 6.21. The SMILES string of the molecule is C[C@@H]1CCCC[C@H]1NC(=O)CN1C(=O)C[C@@H](c2ccc(Cl)cc2)NC1=O. The number of rotatable bonds is 4. The van der Waals surface area contributed by atoms with Crippen LogP contribution in [0.4, 0.5) is 4.79 Å². The van der Waals surface area contributed by atoms with Gasteiger partial charge in [0.05, 0.1) is 12.5 Å². The van der Waals surface area contributed by atoms with Gasteiger partial charge in [0.1, 0.15) is 6.54 Å². The fourth-order valence-electron chi connectivity index (χ4n) is 3.66. The van der Waals surface area contributed by atoms with Crippen LogP contribution in [-0.4, -0.2) is 35.3 Å². The summed E-state index contributed by atoms with van der Waals surface area (Å²) in [4.78, 5) is 38.0. The number of hydrogen-bond acceptors (Lipinski definition) is 3. The van der Waals surface area contributed by atoms with Crippen LogP contribution < -0.4 is 10.6 Å². The molecule has 140 valence electrons. The van der Waals surface area contributed by atoms with Gasteiger partial charge in [-0.2, -0.15) is 0 Å². The lowest BCUT2D eigenvalue weighted by molar-refractivity contribution is -0.135. The molecular formula is C19H24ClN3O3. The summed E-state index contributed by atoms with van der Waals surface area (Å²) in [6.07, 6.45) is 4.46. The van der Waals surface area contributed by atoms with Crippen molar-refractivity contribution < 1.29 is 14.4 Å². The highest BCUT2D eigenvalue weighted by atomic mass is 35.5. The number of carbonyl (C=O) groups is 3. The number of nitrogens with one attached hydrogen (secondary N) is 2. The van der Waals surface area contributed by atoms with Gasteiger partial charge in [0.15, 0.2) is 0 Å². The Balaban J connectivity index is 1.58. The zero-order chi connectivity index (χ0) is 18.7.